The summed E-state index contributed by atoms with van der Waals surface area (Å²) in [5, 5.41) is 2.86. The summed E-state index contributed by atoms with van der Waals surface area (Å²) in [7, 11) is -2.38. The van der Waals surface area contributed by atoms with E-state index in [2.05, 4.69) is 5.32 Å². The lowest BCUT2D eigenvalue weighted by atomic mass is 10.1. The van der Waals surface area contributed by atoms with E-state index >= 15 is 0 Å². The zero-order chi connectivity index (χ0) is 25.3. The van der Waals surface area contributed by atoms with Crippen molar-refractivity contribution in [2.45, 2.75) is 46.2 Å². The summed E-state index contributed by atoms with van der Waals surface area (Å²) in [5.74, 6) is -0.440. The molecular formula is C25H35N3O5S. The highest BCUT2D eigenvalue weighted by molar-refractivity contribution is 7.92. The molecule has 34 heavy (non-hydrogen) atoms. The largest absolute Gasteiger partial charge is 0.495 e. The summed E-state index contributed by atoms with van der Waals surface area (Å²) in [6, 6.07) is 13.5. The van der Waals surface area contributed by atoms with E-state index in [9.17, 15) is 18.0 Å². The van der Waals surface area contributed by atoms with Crippen molar-refractivity contribution in [2.75, 3.05) is 30.8 Å². The Balaban J connectivity index is 2.38. The van der Waals surface area contributed by atoms with Crippen molar-refractivity contribution in [1.29, 1.82) is 0 Å². The van der Waals surface area contributed by atoms with Crippen molar-refractivity contribution < 1.29 is 22.7 Å². The molecule has 0 fully saturated rings. The molecule has 0 radical (unpaired) electrons. The Hall–Kier alpha value is -3.07. The van der Waals surface area contributed by atoms with E-state index in [0.717, 1.165) is 34.5 Å². The Morgan fingerprint density at radius 1 is 1.12 bits per heavy atom. The van der Waals surface area contributed by atoms with Crippen molar-refractivity contribution in [2.24, 2.45) is 0 Å². The Labute approximate surface area is 202 Å². The molecular weight excluding hydrogens is 454 g/mol. The van der Waals surface area contributed by atoms with Crippen molar-refractivity contribution >= 4 is 27.5 Å². The minimum absolute atomic E-state index is 0.173. The first-order chi connectivity index (χ1) is 16.1. The Morgan fingerprint density at radius 3 is 2.44 bits per heavy atom. The minimum atomic E-state index is -3.82. The van der Waals surface area contributed by atoms with E-state index in [0.29, 0.717) is 12.3 Å². The van der Waals surface area contributed by atoms with Gasteiger partial charge in [-0.05, 0) is 38.0 Å². The minimum Gasteiger partial charge on any atom is -0.495 e. The van der Waals surface area contributed by atoms with Gasteiger partial charge in [-0.1, -0.05) is 55.3 Å². The van der Waals surface area contributed by atoms with Crippen LogP contribution in [0.25, 0.3) is 0 Å². The van der Waals surface area contributed by atoms with Gasteiger partial charge in [0.25, 0.3) is 0 Å². The third kappa shape index (κ3) is 7.48. The molecule has 0 aliphatic carbocycles. The third-order valence-electron chi connectivity index (χ3n) is 5.47. The molecule has 2 aromatic rings. The zero-order valence-corrected chi connectivity index (χ0v) is 21.4. The van der Waals surface area contributed by atoms with Crippen LogP contribution in [0.5, 0.6) is 5.75 Å². The summed E-state index contributed by atoms with van der Waals surface area (Å²) < 4.78 is 31.6. The van der Waals surface area contributed by atoms with Gasteiger partial charge in [0, 0.05) is 13.1 Å². The fraction of sp³-hybridized carbons (Fsp3) is 0.440. The normalized spacial score (nSPS) is 12.0. The van der Waals surface area contributed by atoms with E-state index in [-0.39, 0.29) is 18.1 Å². The molecule has 2 rings (SSSR count). The lowest BCUT2D eigenvalue weighted by Gasteiger charge is -2.32. The molecule has 0 spiro atoms. The molecule has 2 aromatic carbocycles. The number of para-hydroxylation sites is 2. The number of carbonyl (C=O) groups is 2. The number of aryl methyl sites for hydroxylation is 1. The molecule has 1 N–H and O–H groups in total. The summed E-state index contributed by atoms with van der Waals surface area (Å²) in [6.07, 6.45) is 2.81. The number of anilines is 1. The van der Waals surface area contributed by atoms with Crippen LogP contribution in [-0.2, 0) is 26.2 Å². The van der Waals surface area contributed by atoms with Gasteiger partial charge in [-0.2, -0.15) is 0 Å². The van der Waals surface area contributed by atoms with Crippen LogP contribution < -0.4 is 14.4 Å². The van der Waals surface area contributed by atoms with Crippen molar-refractivity contribution in [1.82, 2.24) is 10.2 Å². The highest BCUT2D eigenvalue weighted by Crippen LogP contribution is 2.29. The van der Waals surface area contributed by atoms with Crippen LogP contribution in [0, 0.1) is 6.92 Å². The number of unbranched alkanes of at least 4 members (excludes halogenated alkanes) is 1. The quantitative estimate of drug-likeness (QED) is 0.462. The van der Waals surface area contributed by atoms with Crippen LogP contribution >= 0.6 is 0 Å². The number of hydrogen-bond acceptors (Lipinski definition) is 5. The molecule has 0 aliphatic rings. The lowest BCUT2D eigenvalue weighted by molar-refractivity contribution is -0.139. The first-order valence-corrected chi connectivity index (χ1v) is 13.2. The second-order valence-corrected chi connectivity index (χ2v) is 10.2. The fourth-order valence-corrected chi connectivity index (χ4v) is 4.41. The molecule has 0 aromatic heterocycles. The van der Waals surface area contributed by atoms with Crippen LogP contribution in [0.15, 0.2) is 48.5 Å². The van der Waals surface area contributed by atoms with Crippen molar-refractivity contribution in [3.8, 4) is 5.75 Å². The number of carbonyl (C=O) groups excluding carboxylic acids is 2. The average molecular weight is 490 g/mol. The molecule has 0 aliphatic heterocycles. The maximum atomic E-state index is 13.5. The molecule has 2 amide bonds. The molecule has 9 heteroatoms. The SMILES string of the molecule is CCCCNC(=O)C(C)N(Cc1cccc(C)c1)C(=O)CN(c1ccccc1OC)S(C)(=O)=O. The molecule has 0 saturated heterocycles. The van der Waals surface area contributed by atoms with E-state index in [1.165, 1.54) is 12.0 Å². The van der Waals surface area contributed by atoms with Crippen molar-refractivity contribution in [3.05, 3.63) is 59.7 Å². The second-order valence-electron chi connectivity index (χ2n) is 8.27. The second kappa shape index (κ2) is 12.4. The summed E-state index contributed by atoms with van der Waals surface area (Å²) in [4.78, 5) is 27.8. The highest BCUT2D eigenvalue weighted by atomic mass is 32.2. The number of nitrogens with zero attached hydrogens (tertiary/aromatic N) is 2. The maximum Gasteiger partial charge on any atom is 0.244 e. The van der Waals surface area contributed by atoms with Crippen LogP contribution in [0.1, 0.15) is 37.8 Å². The van der Waals surface area contributed by atoms with Gasteiger partial charge in [0.15, 0.2) is 0 Å². The smallest absolute Gasteiger partial charge is 0.244 e. The fourth-order valence-electron chi connectivity index (χ4n) is 3.56. The summed E-state index contributed by atoms with van der Waals surface area (Å²) in [6.45, 7) is 5.86. The van der Waals surface area contributed by atoms with Gasteiger partial charge in [0.1, 0.15) is 18.3 Å². The van der Waals surface area contributed by atoms with E-state index in [4.69, 9.17) is 4.74 Å². The number of rotatable bonds is 12. The van der Waals surface area contributed by atoms with Crippen LogP contribution in [0.2, 0.25) is 0 Å². The number of ether oxygens (including phenoxy) is 1. The van der Waals surface area contributed by atoms with Gasteiger partial charge >= 0.3 is 0 Å². The standard InChI is InChI=1S/C25H35N3O5S/c1-6-7-15-26-25(30)20(3)27(17-21-12-10-11-19(2)16-21)24(29)18-28(34(5,31)32)22-13-8-9-14-23(22)33-4/h8-14,16,20H,6-7,15,17-18H2,1-5H3,(H,26,30). The predicted octanol–water partition coefficient (Wildman–Crippen LogP) is 3.10. The molecule has 0 saturated carbocycles. The van der Waals surface area contributed by atoms with E-state index < -0.39 is 28.5 Å². The molecule has 8 nitrogen and oxygen atoms in total. The molecule has 0 bridgehead atoms. The van der Waals surface area contributed by atoms with Gasteiger partial charge in [-0.25, -0.2) is 8.42 Å². The van der Waals surface area contributed by atoms with E-state index in [1.807, 2.05) is 38.1 Å². The van der Waals surface area contributed by atoms with Crippen LogP contribution in [-0.4, -0.2) is 57.6 Å². The summed E-state index contributed by atoms with van der Waals surface area (Å²) in [5.41, 5.74) is 2.14. The number of nitrogens with one attached hydrogen (secondary N) is 1. The Morgan fingerprint density at radius 2 is 1.82 bits per heavy atom. The predicted molar refractivity (Wildman–Crippen MR) is 134 cm³/mol. The van der Waals surface area contributed by atoms with E-state index in [1.54, 1.807) is 31.2 Å². The highest BCUT2D eigenvalue weighted by Gasteiger charge is 2.31. The zero-order valence-electron chi connectivity index (χ0n) is 20.6. The van der Waals surface area contributed by atoms with Gasteiger partial charge in [-0.3, -0.25) is 13.9 Å². The van der Waals surface area contributed by atoms with Gasteiger partial charge in [0.2, 0.25) is 21.8 Å². The van der Waals surface area contributed by atoms with Gasteiger partial charge in [-0.15, -0.1) is 0 Å². The lowest BCUT2D eigenvalue weighted by Crippen LogP contribution is -2.51. The third-order valence-corrected chi connectivity index (χ3v) is 6.59. The molecule has 0 heterocycles. The topological polar surface area (TPSA) is 96.0 Å². The average Bonchev–Trinajstić information content (AvgIpc) is 2.79. The number of hydrogen-bond donors (Lipinski definition) is 1. The number of sulfonamides is 1. The Kier molecular flexibility index (Phi) is 9.92. The molecule has 186 valence electrons. The van der Waals surface area contributed by atoms with Crippen LogP contribution in [0.4, 0.5) is 5.69 Å². The van der Waals surface area contributed by atoms with Gasteiger partial charge < -0.3 is 15.0 Å². The van der Waals surface area contributed by atoms with Crippen molar-refractivity contribution in [3.63, 3.8) is 0 Å². The first-order valence-electron chi connectivity index (χ1n) is 11.3. The summed E-state index contributed by atoms with van der Waals surface area (Å²) >= 11 is 0. The maximum absolute atomic E-state index is 13.5. The molecule has 1 unspecified atom stereocenters. The Bertz CT molecular complexity index is 1090. The number of benzene rings is 2. The number of amides is 2. The monoisotopic (exact) mass is 489 g/mol. The number of methoxy groups -OCH3 is 1. The first kappa shape index (κ1) is 27.2. The van der Waals surface area contributed by atoms with Crippen LogP contribution in [0.3, 0.4) is 0 Å². The van der Waals surface area contributed by atoms with Gasteiger partial charge in [0.05, 0.1) is 19.1 Å². The molecule has 1 atom stereocenters.